The van der Waals surface area contributed by atoms with E-state index in [2.05, 4.69) is 109 Å². The lowest BCUT2D eigenvalue weighted by Crippen LogP contribution is -2.07. The summed E-state index contributed by atoms with van der Waals surface area (Å²) in [6.07, 6.45) is 0. The molecule has 0 bridgehead atoms. The van der Waals surface area contributed by atoms with E-state index < -0.39 is 0 Å². The molecule has 0 fully saturated rings. The molecule has 6 heterocycles. The van der Waals surface area contributed by atoms with Gasteiger partial charge in [-0.2, -0.15) is 0 Å². The smallest absolute Gasteiger partial charge is 0.344 e. The van der Waals surface area contributed by atoms with E-state index in [1.165, 1.54) is 0 Å². The highest BCUT2D eigenvalue weighted by molar-refractivity contribution is 6.56. The van der Waals surface area contributed by atoms with Crippen LogP contribution in [0.2, 0.25) is 0 Å². The number of fused-ring (bicyclic) bond motifs is 30. The van der Waals surface area contributed by atoms with Gasteiger partial charge in [0.2, 0.25) is 0 Å². The van der Waals surface area contributed by atoms with E-state index in [1.54, 1.807) is 0 Å². The molecule has 0 spiro atoms. The Morgan fingerprint density at radius 2 is 0.238 bits per heavy atom. The van der Waals surface area contributed by atoms with Crippen molar-refractivity contribution in [3.63, 3.8) is 0 Å². The molecule has 0 saturated carbocycles. The molecule has 0 amide bonds. The van der Waals surface area contributed by atoms with Gasteiger partial charge in [-0.25, -0.2) is 28.8 Å². The Labute approximate surface area is 700 Å². The summed E-state index contributed by atoms with van der Waals surface area (Å²) < 4.78 is 36.7. The minimum Gasteiger partial charge on any atom is -0.422 e. The van der Waals surface area contributed by atoms with Crippen LogP contribution in [-0.4, -0.2) is 0 Å². The summed E-state index contributed by atoms with van der Waals surface area (Å²) in [7, 11) is 0. The Hall–Kier alpha value is -17.2. The van der Waals surface area contributed by atoms with Crippen LogP contribution in [-0.2, 0) is 0 Å². The highest BCUT2D eigenvalue weighted by Gasteiger charge is 2.35. The maximum Gasteiger partial charge on any atom is 0.344 e. The molecule has 27 aromatic carbocycles. The Morgan fingerprint density at radius 3 is 0.397 bits per heavy atom. The van der Waals surface area contributed by atoms with Crippen LogP contribution in [0.25, 0.3) is 324 Å². The van der Waals surface area contributed by atoms with E-state index in [0.717, 1.165) is 259 Å². The van der Waals surface area contributed by atoms with E-state index in [-0.39, 0.29) is 33.8 Å². The molecule has 12 heteroatoms. The summed E-state index contributed by atoms with van der Waals surface area (Å²) in [6, 6.07) is 98.0. The van der Waals surface area contributed by atoms with Crippen molar-refractivity contribution in [2.45, 2.75) is 0 Å². The van der Waals surface area contributed by atoms with Gasteiger partial charge in [-0.1, -0.05) is 218 Å². The lowest BCUT2D eigenvalue weighted by atomic mass is 9.81. The van der Waals surface area contributed by atoms with E-state index in [0.29, 0.717) is 65.8 Å². The third kappa shape index (κ3) is 7.59. The normalized spacial score (nSPS) is 13.0. The van der Waals surface area contributed by atoms with Crippen molar-refractivity contribution < 1.29 is 26.5 Å². The Bertz CT molecular complexity index is 9690. The topological polar surface area (TPSA) is 181 Å². The molecule has 0 N–H and O–H groups in total. The van der Waals surface area contributed by atoms with Crippen LogP contribution in [0, 0.1) is 0 Å². The van der Waals surface area contributed by atoms with Crippen molar-refractivity contribution in [1.29, 1.82) is 0 Å². The molecule has 0 radical (unpaired) electrons. The average Bonchev–Trinajstić information content (AvgIpc) is 0.671. The Morgan fingerprint density at radius 1 is 0.103 bits per heavy atom. The molecule has 0 aliphatic carbocycles. The van der Waals surface area contributed by atoms with E-state index in [9.17, 15) is 28.8 Å². The lowest BCUT2D eigenvalue weighted by Gasteiger charge is -2.22. The first-order chi connectivity index (χ1) is 62.1. The van der Waals surface area contributed by atoms with Crippen molar-refractivity contribution in [2.24, 2.45) is 0 Å². The molecule has 33 aromatic rings. The SMILES string of the molecule is O=c1oc2ccc3c4c5ccccc5ccc4c4c(=O)oc5ccc6c7c8ccccc8ccc7c1c1c2c3c4c5c61.O=c1oc2ccc3c4c5ccccc5ccc4c4c(=O)oc5ccc6c7c8ccccc8ccc7c1c1c2c3c4c5c61.O=c1oc2ccc3c4c5ccccc5ccc4c4c(=O)oc5ccc6c7c8ccccc8ccc7c1c1c2c3c4c5c61. The second kappa shape index (κ2) is 22.3. The fourth-order valence-electron chi connectivity index (χ4n) is 24.2. The molecule has 0 aliphatic heterocycles. The largest absolute Gasteiger partial charge is 0.422 e. The molecule has 0 aliphatic rings. The van der Waals surface area contributed by atoms with Gasteiger partial charge in [0.05, 0.1) is 32.3 Å². The van der Waals surface area contributed by atoms with Crippen LogP contribution in [0.3, 0.4) is 0 Å². The van der Waals surface area contributed by atoms with Gasteiger partial charge >= 0.3 is 33.8 Å². The zero-order valence-corrected chi connectivity index (χ0v) is 65.6. The summed E-state index contributed by atoms with van der Waals surface area (Å²) in [4.78, 5) is 83.3. The first kappa shape index (κ1) is 65.6. The molecular weight excluding hydrogens is 1560 g/mol. The molecule has 33 rings (SSSR count). The number of benzene rings is 27. The first-order valence-corrected chi connectivity index (χ1v) is 42.1. The summed E-state index contributed by atoms with van der Waals surface area (Å²) in [5.41, 5.74) is 0.987. The minimum absolute atomic E-state index is 0.362. The lowest BCUT2D eigenvalue weighted by molar-refractivity contribution is 0.569. The highest BCUT2D eigenvalue weighted by atomic mass is 16.4. The quantitative estimate of drug-likeness (QED) is 0.0797. The second-order valence-corrected chi connectivity index (χ2v) is 34.3. The van der Waals surface area contributed by atoms with Crippen LogP contribution in [0.4, 0.5) is 0 Å². The fourth-order valence-corrected chi connectivity index (χ4v) is 24.2. The maximum absolute atomic E-state index is 13.9. The van der Waals surface area contributed by atoms with Gasteiger partial charge in [0.15, 0.2) is 0 Å². The second-order valence-electron chi connectivity index (χ2n) is 34.3. The van der Waals surface area contributed by atoms with Crippen molar-refractivity contribution >= 4 is 324 Å². The number of rotatable bonds is 0. The van der Waals surface area contributed by atoms with Crippen molar-refractivity contribution in [2.75, 3.05) is 0 Å². The minimum atomic E-state index is -0.362. The predicted octanol–water partition coefficient (Wildman–Crippen LogP) is 28.3. The fraction of sp³-hybridized carbons (Fsp3) is 0. The van der Waals surface area contributed by atoms with Gasteiger partial charge < -0.3 is 26.5 Å². The molecule has 0 saturated heterocycles. The van der Waals surface area contributed by atoms with Crippen LogP contribution in [0.15, 0.2) is 346 Å². The van der Waals surface area contributed by atoms with Crippen LogP contribution in [0.1, 0.15) is 0 Å². The Kier molecular flexibility index (Phi) is 11.6. The van der Waals surface area contributed by atoms with Crippen LogP contribution >= 0.6 is 0 Å². The molecule has 576 valence electrons. The van der Waals surface area contributed by atoms with E-state index in [1.807, 2.05) is 182 Å². The van der Waals surface area contributed by atoms with Gasteiger partial charge in [-0.05, 0) is 234 Å². The summed E-state index contributed by atoms with van der Waals surface area (Å²) >= 11 is 0. The Balaban J connectivity index is 0.0000000905. The van der Waals surface area contributed by atoms with Gasteiger partial charge in [0.1, 0.15) is 33.5 Å². The van der Waals surface area contributed by atoms with Crippen LogP contribution in [0.5, 0.6) is 0 Å². The van der Waals surface area contributed by atoms with Crippen molar-refractivity contribution in [1.82, 2.24) is 0 Å². The third-order valence-corrected chi connectivity index (χ3v) is 28.7. The van der Waals surface area contributed by atoms with Gasteiger partial charge in [-0.15, -0.1) is 0 Å². The predicted molar refractivity (Wildman–Crippen MR) is 516 cm³/mol. The van der Waals surface area contributed by atoms with Gasteiger partial charge in [-0.3, -0.25) is 0 Å². The molecule has 0 unspecified atom stereocenters. The van der Waals surface area contributed by atoms with E-state index in [4.69, 9.17) is 26.5 Å². The zero-order chi connectivity index (χ0) is 82.3. The number of hydrogen-bond acceptors (Lipinski definition) is 12. The summed E-state index contributed by atoms with van der Waals surface area (Å²) in [5, 5.41) is 50.0. The molecule has 126 heavy (non-hydrogen) atoms. The monoisotopic (exact) mass is 1610 g/mol. The highest BCUT2D eigenvalue weighted by Crippen LogP contribution is 2.58. The summed E-state index contributed by atoms with van der Waals surface area (Å²) in [6.45, 7) is 0. The maximum atomic E-state index is 13.9. The third-order valence-electron chi connectivity index (χ3n) is 28.7. The zero-order valence-electron chi connectivity index (χ0n) is 65.6. The molecule has 0 atom stereocenters. The first-order valence-electron chi connectivity index (χ1n) is 42.1. The average molecular weight is 1610 g/mol. The van der Waals surface area contributed by atoms with Crippen molar-refractivity contribution in [3.05, 3.63) is 354 Å². The molecular formula is C114H48O12. The molecule has 6 aromatic heterocycles. The van der Waals surface area contributed by atoms with Crippen LogP contribution < -0.4 is 33.8 Å². The number of hydrogen-bond donors (Lipinski definition) is 0. The summed E-state index contributed by atoms with van der Waals surface area (Å²) in [5.74, 6) is 0. The van der Waals surface area contributed by atoms with Crippen molar-refractivity contribution in [3.8, 4) is 0 Å². The van der Waals surface area contributed by atoms with Gasteiger partial charge in [0.25, 0.3) is 0 Å². The standard InChI is InChI=1S/3C38H16O4/c3*39-37-31-23-11-9-17-5-1-3-7-19(17)27(23)21-13-15-25-33-29(21)35(31)34-26(41-37)16-14-22-28-20-8-4-2-6-18(20)10-12-24(28)32(38(40)42-25)36(33)30(22)34/h3*1-16H. The van der Waals surface area contributed by atoms with E-state index >= 15 is 0 Å². The molecule has 12 nitrogen and oxygen atoms in total. The van der Waals surface area contributed by atoms with Gasteiger partial charge in [0, 0.05) is 97.0 Å².